The van der Waals surface area contributed by atoms with Gasteiger partial charge >= 0.3 is 0 Å². The third-order valence-electron chi connectivity index (χ3n) is 3.27. The van der Waals surface area contributed by atoms with Crippen LogP contribution in [0.2, 0.25) is 0 Å². The van der Waals surface area contributed by atoms with Crippen molar-refractivity contribution in [3.05, 3.63) is 45.9 Å². The van der Waals surface area contributed by atoms with Crippen molar-refractivity contribution in [1.29, 1.82) is 0 Å². The smallest absolute Gasteiger partial charge is 0.126 e. The first-order valence-corrected chi connectivity index (χ1v) is 9.48. The highest BCUT2D eigenvalue weighted by Crippen LogP contribution is 2.25. The molecule has 0 saturated heterocycles. The van der Waals surface area contributed by atoms with E-state index in [0.717, 1.165) is 40.5 Å². The van der Waals surface area contributed by atoms with Gasteiger partial charge in [-0.3, -0.25) is 0 Å². The number of methoxy groups -OCH3 is 1. The van der Waals surface area contributed by atoms with Gasteiger partial charge in [-0.05, 0) is 44.9 Å². The second-order valence-electron chi connectivity index (χ2n) is 5.31. The van der Waals surface area contributed by atoms with Crippen LogP contribution in [-0.2, 0) is 6.42 Å². The molecule has 0 radical (unpaired) electrons. The number of benzene rings is 1. The van der Waals surface area contributed by atoms with Crippen LogP contribution < -0.4 is 21.4 Å². The van der Waals surface area contributed by atoms with Crippen LogP contribution in [0.3, 0.4) is 0 Å². The van der Waals surface area contributed by atoms with Gasteiger partial charge in [-0.15, -0.1) is 16.4 Å². The zero-order valence-electron chi connectivity index (χ0n) is 16.2. The summed E-state index contributed by atoms with van der Waals surface area (Å²) in [4.78, 5) is 4.46. The van der Waals surface area contributed by atoms with Gasteiger partial charge in [0.1, 0.15) is 11.6 Å². The normalized spacial score (nSPS) is 11.2. The Morgan fingerprint density at radius 2 is 2.12 bits per heavy atom. The summed E-state index contributed by atoms with van der Waals surface area (Å²) in [5.41, 5.74) is 8.36. The minimum absolute atomic E-state index is 0.393. The number of allylic oxidation sites excluding steroid dienone is 1. The van der Waals surface area contributed by atoms with E-state index in [9.17, 15) is 0 Å². The number of rotatable bonds is 7. The number of hydrazone groups is 1. The Bertz CT molecular complexity index is 735. The number of hydrazine groups is 1. The molecule has 2 rings (SSSR count). The van der Waals surface area contributed by atoms with Crippen molar-refractivity contribution in [2.75, 3.05) is 12.2 Å². The van der Waals surface area contributed by atoms with Gasteiger partial charge in [0.2, 0.25) is 0 Å². The third-order valence-corrected chi connectivity index (χ3v) is 4.10. The standard InChI is InChI=1S/C17H23N5OS.C2H6/c1-12(18)21-22(19)16-8-9-17(23-3)14(10-16)6-4-5-7-15-11-24-13(2)20-15;1-2/h4,6,8-11H,5,7,19H2,1-3H3,(H2,18,21);1-2H3/b6-4+;. The van der Waals surface area contributed by atoms with Gasteiger partial charge < -0.3 is 10.5 Å². The molecule has 0 fully saturated rings. The highest BCUT2D eigenvalue weighted by molar-refractivity contribution is 7.09. The first kappa shape index (κ1) is 21.7. The average Bonchev–Trinajstić information content (AvgIpc) is 3.05. The lowest BCUT2D eigenvalue weighted by atomic mass is 10.1. The van der Waals surface area contributed by atoms with Gasteiger partial charge in [0.05, 0.1) is 23.5 Å². The van der Waals surface area contributed by atoms with Gasteiger partial charge in [0.15, 0.2) is 0 Å². The summed E-state index contributed by atoms with van der Waals surface area (Å²) in [5.74, 6) is 7.05. The fourth-order valence-corrected chi connectivity index (χ4v) is 2.83. The molecule has 0 atom stereocenters. The Kier molecular flexibility index (Phi) is 9.40. The monoisotopic (exact) mass is 375 g/mol. The molecule has 4 N–H and O–H groups in total. The Morgan fingerprint density at radius 1 is 1.38 bits per heavy atom. The molecule has 1 heterocycles. The van der Waals surface area contributed by atoms with Gasteiger partial charge in [0, 0.05) is 10.9 Å². The van der Waals surface area contributed by atoms with E-state index >= 15 is 0 Å². The number of anilines is 1. The minimum atomic E-state index is 0.393. The number of amidine groups is 1. The molecule has 1 aromatic carbocycles. The van der Waals surface area contributed by atoms with Crippen molar-refractivity contribution in [2.45, 2.75) is 40.5 Å². The first-order chi connectivity index (χ1) is 12.5. The SMILES string of the molecule is CC.COc1ccc(N(N)/N=C(/C)N)cc1/C=C/CCc1csc(C)n1. The molecule has 142 valence electrons. The summed E-state index contributed by atoms with van der Waals surface area (Å²) >= 11 is 1.68. The molecule has 7 heteroatoms. The van der Waals surface area contributed by atoms with E-state index in [1.165, 1.54) is 5.12 Å². The molecule has 1 aromatic heterocycles. The highest BCUT2D eigenvalue weighted by Gasteiger charge is 2.06. The summed E-state index contributed by atoms with van der Waals surface area (Å²) in [7, 11) is 1.65. The molecule has 0 saturated carbocycles. The molecule has 6 nitrogen and oxygen atoms in total. The Morgan fingerprint density at radius 3 is 2.69 bits per heavy atom. The van der Waals surface area contributed by atoms with Crippen molar-refractivity contribution < 1.29 is 4.74 Å². The fraction of sp³-hybridized carbons (Fsp3) is 0.368. The van der Waals surface area contributed by atoms with E-state index in [1.54, 1.807) is 25.4 Å². The molecule has 0 unspecified atom stereocenters. The first-order valence-electron chi connectivity index (χ1n) is 8.60. The van der Waals surface area contributed by atoms with E-state index in [2.05, 4.69) is 21.5 Å². The van der Waals surface area contributed by atoms with Crippen LogP contribution in [0, 0.1) is 6.92 Å². The molecule has 0 aliphatic rings. The molecule has 0 amide bonds. The maximum Gasteiger partial charge on any atom is 0.126 e. The van der Waals surface area contributed by atoms with Crippen LogP contribution in [0.4, 0.5) is 5.69 Å². The minimum Gasteiger partial charge on any atom is -0.496 e. The zero-order chi connectivity index (χ0) is 19.5. The Hall–Kier alpha value is -2.38. The number of ether oxygens (including phenoxy) is 1. The molecule has 0 spiro atoms. The molecule has 0 bridgehead atoms. The predicted molar refractivity (Wildman–Crippen MR) is 113 cm³/mol. The molecule has 26 heavy (non-hydrogen) atoms. The lowest BCUT2D eigenvalue weighted by Gasteiger charge is -2.15. The second kappa shape index (κ2) is 11.3. The van der Waals surface area contributed by atoms with Gasteiger partial charge in [-0.25, -0.2) is 10.8 Å². The van der Waals surface area contributed by atoms with E-state index in [1.807, 2.05) is 45.0 Å². The van der Waals surface area contributed by atoms with Crippen LogP contribution >= 0.6 is 11.3 Å². The van der Waals surface area contributed by atoms with Crippen molar-refractivity contribution in [2.24, 2.45) is 16.7 Å². The summed E-state index contributed by atoms with van der Waals surface area (Å²) in [6.45, 7) is 7.70. The summed E-state index contributed by atoms with van der Waals surface area (Å²) in [6, 6.07) is 5.61. The Labute approximate surface area is 160 Å². The van der Waals surface area contributed by atoms with Crippen LogP contribution in [0.15, 0.2) is 34.8 Å². The van der Waals surface area contributed by atoms with Gasteiger partial charge in [0.25, 0.3) is 0 Å². The number of aromatic nitrogens is 1. The molecular formula is C19H29N5OS. The number of hydrogen-bond acceptors (Lipinski definition) is 6. The summed E-state index contributed by atoms with van der Waals surface area (Å²) in [5, 5.41) is 8.47. The number of hydrogen-bond donors (Lipinski definition) is 2. The number of nitrogens with two attached hydrogens (primary N) is 2. The van der Waals surface area contributed by atoms with Crippen molar-refractivity contribution >= 4 is 28.9 Å². The van der Waals surface area contributed by atoms with Gasteiger partial charge in [-0.2, -0.15) is 5.12 Å². The predicted octanol–water partition coefficient (Wildman–Crippen LogP) is 4.10. The van der Waals surface area contributed by atoms with Crippen molar-refractivity contribution in [3.8, 4) is 5.75 Å². The maximum absolute atomic E-state index is 5.88. The number of thiazole rings is 1. The lowest BCUT2D eigenvalue weighted by Crippen LogP contribution is -2.27. The average molecular weight is 376 g/mol. The third kappa shape index (κ3) is 6.85. The topological polar surface area (TPSA) is 89.8 Å². The van der Waals surface area contributed by atoms with E-state index in [0.29, 0.717) is 5.84 Å². The number of nitrogens with zero attached hydrogens (tertiary/aromatic N) is 3. The molecule has 0 aliphatic heterocycles. The van der Waals surface area contributed by atoms with Crippen LogP contribution in [0.1, 0.15) is 43.5 Å². The lowest BCUT2D eigenvalue weighted by molar-refractivity contribution is 0.414. The molecular weight excluding hydrogens is 346 g/mol. The fourth-order valence-electron chi connectivity index (χ4n) is 2.19. The van der Waals surface area contributed by atoms with E-state index < -0.39 is 0 Å². The molecule has 0 aliphatic carbocycles. The molecule has 2 aromatic rings. The van der Waals surface area contributed by atoms with Crippen LogP contribution in [0.25, 0.3) is 6.08 Å². The Balaban J connectivity index is 0.00000163. The van der Waals surface area contributed by atoms with Crippen LogP contribution in [-0.4, -0.2) is 17.9 Å². The van der Waals surface area contributed by atoms with E-state index in [4.69, 9.17) is 16.3 Å². The van der Waals surface area contributed by atoms with Crippen LogP contribution in [0.5, 0.6) is 5.75 Å². The second-order valence-corrected chi connectivity index (χ2v) is 6.37. The summed E-state index contributed by atoms with van der Waals surface area (Å²) < 4.78 is 5.40. The highest BCUT2D eigenvalue weighted by atomic mass is 32.1. The zero-order valence-corrected chi connectivity index (χ0v) is 17.0. The quantitative estimate of drug-likeness (QED) is 0.329. The van der Waals surface area contributed by atoms with Crippen molar-refractivity contribution in [1.82, 2.24) is 4.98 Å². The maximum atomic E-state index is 5.88. The number of aryl methyl sites for hydroxylation is 2. The summed E-state index contributed by atoms with van der Waals surface area (Å²) in [6.07, 6.45) is 5.95. The van der Waals surface area contributed by atoms with Crippen molar-refractivity contribution in [3.63, 3.8) is 0 Å². The van der Waals surface area contributed by atoms with E-state index in [-0.39, 0.29) is 0 Å². The van der Waals surface area contributed by atoms with Gasteiger partial charge in [-0.1, -0.05) is 26.0 Å². The largest absolute Gasteiger partial charge is 0.496 e.